The number of thiazole rings is 1. The highest BCUT2D eigenvalue weighted by atomic mass is 32.1. The van der Waals surface area contributed by atoms with Gasteiger partial charge in [0.1, 0.15) is 10.8 Å². The van der Waals surface area contributed by atoms with Crippen LogP contribution in [-0.4, -0.2) is 52.0 Å². The quantitative estimate of drug-likeness (QED) is 0.559. The molecule has 146 valence electrons. The summed E-state index contributed by atoms with van der Waals surface area (Å²) in [7, 11) is 0. The van der Waals surface area contributed by atoms with Crippen LogP contribution in [0.25, 0.3) is 21.0 Å². The van der Waals surface area contributed by atoms with Crippen LogP contribution >= 0.6 is 11.3 Å². The average Bonchev–Trinajstić information content (AvgIpc) is 3.15. The van der Waals surface area contributed by atoms with E-state index in [0.29, 0.717) is 18.7 Å². The number of rotatable bonds is 3. The lowest BCUT2D eigenvalue weighted by atomic mass is 10.0. The van der Waals surface area contributed by atoms with Crippen LogP contribution in [0.15, 0.2) is 60.7 Å². The maximum Gasteiger partial charge on any atom is 0.257 e. The molecule has 0 bridgehead atoms. The van der Waals surface area contributed by atoms with Crippen LogP contribution in [0, 0.1) is 0 Å². The van der Waals surface area contributed by atoms with Crippen LogP contribution in [0.5, 0.6) is 5.75 Å². The molecule has 0 aliphatic carbocycles. The molecular weight excluding hydrogens is 382 g/mol. The Labute approximate surface area is 172 Å². The largest absolute Gasteiger partial charge is 0.507 e. The molecule has 0 radical (unpaired) electrons. The molecule has 1 fully saturated rings. The number of piperazine rings is 1. The van der Waals surface area contributed by atoms with Gasteiger partial charge in [-0.1, -0.05) is 36.4 Å². The standard InChI is InChI=1S/C23H21N3O2S/c27-20-14-17-6-2-1-5-16(17)13-18(20)23(28)26-11-9-25(10-12-26)15-22-24-19-7-3-4-8-21(19)29-22/h1-8,13-14,27H,9-12,15H2. The van der Waals surface area contributed by atoms with Crippen LogP contribution in [-0.2, 0) is 6.54 Å². The summed E-state index contributed by atoms with van der Waals surface area (Å²) in [6.45, 7) is 3.71. The second-order valence-corrected chi connectivity index (χ2v) is 8.48. The number of nitrogens with zero attached hydrogens (tertiary/aromatic N) is 3. The molecule has 1 aliphatic rings. The number of amides is 1. The Morgan fingerprint density at radius 3 is 2.41 bits per heavy atom. The van der Waals surface area contributed by atoms with E-state index in [1.807, 2.05) is 47.4 Å². The third-order valence-electron chi connectivity index (χ3n) is 5.45. The van der Waals surface area contributed by atoms with Gasteiger partial charge in [-0.2, -0.15) is 0 Å². The molecular formula is C23H21N3O2S. The molecule has 4 aromatic rings. The molecule has 0 unspecified atom stereocenters. The Morgan fingerprint density at radius 2 is 1.66 bits per heavy atom. The van der Waals surface area contributed by atoms with Crippen molar-refractivity contribution in [2.24, 2.45) is 0 Å². The lowest BCUT2D eigenvalue weighted by molar-refractivity contribution is 0.0626. The summed E-state index contributed by atoms with van der Waals surface area (Å²) in [5.41, 5.74) is 1.43. The van der Waals surface area contributed by atoms with Crippen LogP contribution in [0.3, 0.4) is 0 Å². The summed E-state index contributed by atoms with van der Waals surface area (Å²) < 4.78 is 1.21. The Balaban J connectivity index is 1.26. The lowest BCUT2D eigenvalue weighted by Crippen LogP contribution is -2.48. The van der Waals surface area contributed by atoms with Crippen molar-refractivity contribution in [1.29, 1.82) is 0 Å². The summed E-state index contributed by atoms with van der Waals surface area (Å²) in [5, 5.41) is 13.4. The molecule has 0 spiro atoms. The number of benzene rings is 3. The van der Waals surface area contributed by atoms with E-state index in [4.69, 9.17) is 4.98 Å². The van der Waals surface area contributed by atoms with E-state index in [9.17, 15) is 9.90 Å². The number of phenols is 1. The molecule has 6 heteroatoms. The number of carbonyl (C=O) groups is 1. The van der Waals surface area contributed by atoms with Crippen molar-refractivity contribution in [2.75, 3.05) is 26.2 Å². The molecule has 1 N–H and O–H groups in total. The van der Waals surface area contributed by atoms with Crippen molar-refractivity contribution in [1.82, 2.24) is 14.8 Å². The van der Waals surface area contributed by atoms with Gasteiger partial charge in [0.25, 0.3) is 5.91 Å². The fourth-order valence-corrected chi connectivity index (χ4v) is 4.87. The minimum Gasteiger partial charge on any atom is -0.507 e. The second kappa shape index (κ2) is 7.46. The van der Waals surface area contributed by atoms with Crippen LogP contribution < -0.4 is 0 Å². The zero-order chi connectivity index (χ0) is 19.8. The van der Waals surface area contributed by atoms with E-state index in [-0.39, 0.29) is 11.7 Å². The zero-order valence-electron chi connectivity index (χ0n) is 15.9. The van der Waals surface area contributed by atoms with Gasteiger partial charge in [0.05, 0.1) is 22.3 Å². The first kappa shape index (κ1) is 18.1. The highest BCUT2D eigenvalue weighted by Crippen LogP contribution is 2.27. The van der Waals surface area contributed by atoms with Crippen molar-refractivity contribution in [3.8, 4) is 5.75 Å². The van der Waals surface area contributed by atoms with Crippen molar-refractivity contribution < 1.29 is 9.90 Å². The highest BCUT2D eigenvalue weighted by molar-refractivity contribution is 7.18. The number of hydrogen-bond donors (Lipinski definition) is 1. The first-order valence-electron chi connectivity index (χ1n) is 9.75. The van der Waals surface area contributed by atoms with Gasteiger partial charge in [0.2, 0.25) is 0 Å². The highest BCUT2D eigenvalue weighted by Gasteiger charge is 2.24. The minimum atomic E-state index is -0.104. The Morgan fingerprint density at radius 1 is 0.966 bits per heavy atom. The van der Waals surface area contributed by atoms with Gasteiger partial charge in [0.15, 0.2) is 0 Å². The van der Waals surface area contributed by atoms with Gasteiger partial charge in [-0.25, -0.2) is 4.98 Å². The van der Waals surface area contributed by atoms with Gasteiger partial charge >= 0.3 is 0 Å². The number of para-hydroxylation sites is 1. The van der Waals surface area contributed by atoms with Gasteiger partial charge < -0.3 is 10.0 Å². The number of fused-ring (bicyclic) bond motifs is 2. The van der Waals surface area contributed by atoms with Gasteiger partial charge in [-0.15, -0.1) is 11.3 Å². The minimum absolute atomic E-state index is 0.0469. The lowest BCUT2D eigenvalue weighted by Gasteiger charge is -2.34. The average molecular weight is 404 g/mol. The van der Waals surface area contributed by atoms with Crippen LogP contribution in [0.2, 0.25) is 0 Å². The summed E-state index contributed by atoms with van der Waals surface area (Å²) in [6.07, 6.45) is 0. The summed E-state index contributed by atoms with van der Waals surface area (Å²) in [5.74, 6) is -0.0569. The van der Waals surface area contributed by atoms with Gasteiger partial charge in [-0.05, 0) is 35.0 Å². The van der Waals surface area contributed by atoms with E-state index in [0.717, 1.165) is 40.9 Å². The predicted octanol–water partition coefficient (Wildman–Crippen LogP) is 4.11. The molecule has 1 amide bonds. The number of aromatic hydroxyl groups is 1. The molecule has 5 nitrogen and oxygen atoms in total. The third kappa shape index (κ3) is 3.57. The van der Waals surface area contributed by atoms with Crippen LogP contribution in [0.1, 0.15) is 15.4 Å². The SMILES string of the molecule is O=C(c1cc2ccccc2cc1O)N1CCN(Cc2nc3ccccc3s2)CC1. The Kier molecular flexibility index (Phi) is 4.66. The van der Waals surface area contributed by atoms with E-state index in [2.05, 4.69) is 11.0 Å². The normalized spacial score (nSPS) is 15.2. The molecule has 29 heavy (non-hydrogen) atoms. The van der Waals surface area contributed by atoms with Crippen LogP contribution in [0.4, 0.5) is 0 Å². The maximum atomic E-state index is 13.0. The first-order chi connectivity index (χ1) is 14.2. The zero-order valence-corrected chi connectivity index (χ0v) is 16.7. The van der Waals surface area contributed by atoms with E-state index < -0.39 is 0 Å². The number of phenolic OH excluding ortho intramolecular Hbond substituents is 1. The summed E-state index contributed by atoms with van der Waals surface area (Å²) >= 11 is 1.73. The van der Waals surface area contributed by atoms with Crippen molar-refractivity contribution in [3.63, 3.8) is 0 Å². The Hall–Kier alpha value is -2.96. The predicted molar refractivity (Wildman–Crippen MR) is 116 cm³/mol. The molecule has 3 aromatic carbocycles. The van der Waals surface area contributed by atoms with Gasteiger partial charge in [0, 0.05) is 26.2 Å². The molecule has 2 heterocycles. The summed E-state index contributed by atoms with van der Waals surface area (Å²) in [4.78, 5) is 21.9. The number of aromatic nitrogens is 1. The van der Waals surface area contributed by atoms with Crippen molar-refractivity contribution >= 4 is 38.2 Å². The van der Waals surface area contributed by atoms with E-state index >= 15 is 0 Å². The smallest absolute Gasteiger partial charge is 0.257 e. The fourth-order valence-electron chi connectivity index (χ4n) is 3.86. The Bertz CT molecular complexity index is 1160. The van der Waals surface area contributed by atoms with Crippen molar-refractivity contribution in [2.45, 2.75) is 6.54 Å². The van der Waals surface area contributed by atoms with Crippen molar-refractivity contribution in [3.05, 3.63) is 71.2 Å². The van der Waals surface area contributed by atoms with Gasteiger partial charge in [-0.3, -0.25) is 9.69 Å². The second-order valence-electron chi connectivity index (χ2n) is 7.36. The maximum absolute atomic E-state index is 13.0. The third-order valence-corrected chi connectivity index (χ3v) is 6.47. The topological polar surface area (TPSA) is 56.7 Å². The number of carbonyl (C=O) groups excluding carboxylic acids is 1. The molecule has 1 aromatic heterocycles. The number of hydrogen-bond acceptors (Lipinski definition) is 5. The molecule has 0 saturated carbocycles. The van der Waals surface area contributed by atoms with E-state index in [1.54, 1.807) is 23.5 Å². The monoisotopic (exact) mass is 403 g/mol. The molecule has 0 atom stereocenters. The first-order valence-corrected chi connectivity index (χ1v) is 10.6. The molecule has 1 aliphatic heterocycles. The van der Waals surface area contributed by atoms with E-state index in [1.165, 1.54) is 4.70 Å². The fraction of sp³-hybridized carbons (Fsp3) is 0.217. The summed E-state index contributed by atoms with van der Waals surface area (Å²) in [6, 6.07) is 19.4. The molecule has 1 saturated heterocycles. The molecule has 5 rings (SSSR count).